The summed E-state index contributed by atoms with van der Waals surface area (Å²) in [7, 11) is 1.97. The Kier molecular flexibility index (Phi) is 5.98. The van der Waals surface area contributed by atoms with Gasteiger partial charge in [-0.25, -0.2) is 0 Å². The highest BCUT2D eigenvalue weighted by Crippen LogP contribution is 2.64. The van der Waals surface area contributed by atoms with Crippen LogP contribution in [0.2, 0.25) is 0 Å². The summed E-state index contributed by atoms with van der Waals surface area (Å²) in [4.78, 5) is 3.45. The van der Waals surface area contributed by atoms with Crippen LogP contribution in [0.3, 0.4) is 0 Å². The van der Waals surface area contributed by atoms with E-state index in [1.165, 1.54) is 23.7 Å². The van der Waals surface area contributed by atoms with Crippen LogP contribution in [-0.2, 0) is 13.2 Å². The van der Waals surface area contributed by atoms with E-state index in [1.807, 2.05) is 18.5 Å². The second-order valence-corrected chi connectivity index (χ2v) is 10.8. The van der Waals surface area contributed by atoms with Crippen LogP contribution in [-0.4, -0.2) is 54.6 Å². The summed E-state index contributed by atoms with van der Waals surface area (Å²) < 4.78 is 44.4. The first kappa shape index (κ1) is 22.8. The predicted molar refractivity (Wildman–Crippen MR) is 122 cm³/mol. The topological polar surface area (TPSA) is 59.7 Å². The minimum atomic E-state index is -4.27. The largest absolute Gasteiger partial charge is 0.416 e. The molecule has 3 aromatic rings. The molecule has 0 bridgehead atoms. The summed E-state index contributed by atoms with van der Waals surface area (Å²) in [6.07, 6.45) is -1.02. The average Bonchev–Trinajstić information content (AvgIpc) is 3.05. The number of hydrogen-bond acceptors (Lipinski definition) is 7. The van der Waals surface area contributed by atoms with Crippen molar-refractivity contribution in [2.45, 2.75) is 43.4 Å². The molecule has 1 aliphatic heterocycles. The maximum absolute atomic E-state index is 12.8. The molecule has 6 nitrogen and oxygen atoms in total. The number of nitrogens with zero attached hydrogens (tertiary/aromatic N) is 6. The minimum absolute atomic E-state index is 0.256. The predicted octanol–water partition coefficient (Wildman–Crippen LogP) is 5.02. The maximum atomic E-state index is 12.8. The van der Waals surface area contributed by atoms with Gasteiger partial charge in [0.1, 0.15) is 4.88 Å². The number of benzene rings is 1. The zero-order valence-corrected chi connectivity index (χ0v) is 20.1. The van der Waals surface area contributed by atoms with E-state index in [-0.39, 0.29) is 5.41 Å². The van der Waals surface area contributed by atoms with Crippen molar-refractivity contribution in [2.24, 2.45) is 12.5 Å². The molecule has 1 spiro atoms. The summed E-state index contributed by atoms with van der Waals surface area (Å²) in [5.74, 6) is 2.15. The van der Waals surface area contributed by atoms with Crippen molar-refractivity contribution >= 4 is 23.3 Å². The van der Waals surface area contributed by atoms with Gasteiger partial charge in [-0.1, -0.05) is 28.4 Å². The van der Waals surface area contributed by atoms with E-state index in [2.05, 4.69) is 24.7 Å². The van der Waals surface area contributed by atoms with Crippen LogP contribution < -0.4 is 0 Å². The number of thioether (sulfide) groups is 1. The zero-order chi connectivity index (χ0) is 23.2. The van der Waals surface area contributed by atoms with Crippen LogP contribution >= 0.6 is 23.3 Å². The van der Waals surface area contributed by atoms with Gasteiger partial charge in [0.05, 0.1) is 11.3 Å². The van der Waals surface area contributed by atoms with Crippen molar-refractivity contribution in [3.8, 4) is 10.7 Å². The Morgan fingerprint density at radius 3 is 2.67 bits per heavy atom. The molecule has 1 saturated carbocycles. The SMILES string of the molecule is Cc1nnsc1-c1nnc(SCCCN2CC[C@]3(C[C@@H]3c3ccc(C(F)(F)F)cc3)C2)n1C. The molecular formula is C22H25F3N6S2. The first-order valence-electron chi connectivity index (χ1n) is 11.0. The monoisotopic (exact) mass is 494 g/mol. The summed E-state index contributed by atoms with van der Waals surface area (Å²) in [6, 6.07) is 5.77. The highest BCUT2D eigenvalue weighted by Gasteiger charge is 2.57. The molecule has 3 heterocycles. The Morgan fingerprint density at radius 2 is 1.97 bits per heavy atom. The van der Waals surface area contributed by atoms with Crippen molar-refractivity contribution in [1.29, 1.82) is 0 Å². The summed E-state index contributed by atoms with van der Waals surface area (Å²) in [5.41, 5.74) is 1.60. The van der Waals surface area contributed by atoms with E-state index in [0.29, 0.717) is 5.92 Å². The first-order valence-corrected chi connectivity index (χ1v) is 12.7. The average molecular weight is 495 g/mol. The van der Waals surface area contributed by atoms with Gasteiger partial charge in [-0.3, -0.25) is 0 Å². The molecule has 2 aliphatic rings. The summed E-state index contributed by atoms with van der Waals surface area (Å²) in [6.45, 7) is 5.05. The Hall–Kier alpha value is -1.98. The molecule has 1 aromatic carbocycles. The van der Waals surface area contributed by atoms with E-state index < -0.39 is 11.7 Å². The quantitative estimate of drug-likeness (QED) is 0.340. The molecule has 2 atom stereocenters. The smallest absolute Gasteiger partial charge is 0.304 e. The lowest BCUT2D eigenvalue weighted by molar-refractivity contribution is -0.137. The van der Waals surface area contributed by atoms with Crippen molar-refractivity contribution in [3.63, 3.8) is 0 Å². The molecule has 2 aromatic heterocycles. The van der Waals surface area contributed by atoms with Crippen molar-refractivity contribution in [1.82, 2.24) is 29.3 Å². The van der Waals surface area contributed by atoms with Crippen molar-refractivity contribution in [3.05, 3.63) is 41.1 Å². The summed E-state index contributed by atoms with van der Waals surface area (Å²) in [5, 5.41) is 13.6. The third kappa shape index (κ3) is 4.54. The number of rotatable bonds is 7. The lowest BCUT2D eigenvalue weighted by Crippen LogP contribution is -2.23. The Labute approximate surface area is 198 Å². The van der Waals surface area contributed by atoms with Gasteiger partial charge in [0.25, 0.3) is 0 Å². The molecule has 5 rings (SSSR count). The second-order valence-electron chi connectivity index (χ2n) is 9.02. The van der Waals surface area contributed by atoms with Gasteiger partial charge in [-0.05, 0) is 79.8 Å². The van der Waals surface area contributed by atoms with Crippen LogP contribution in [0.5, 0.6) is 0 Å². The highest BCUT2D eigenvalue weighted by molar-refractivity contribution is 7.99. The Bertz CT molecular complexity index is 1130. The molecule has 0 unspecified atom stereocenters. The molecule has 0 radical (unpaired) electrons. The van der Waals surface area contributed by atoms with Crippen LogP contribution in [0.25, 0.3) is 10.7 Å². The van der Waals surface area contributed by atoms with Gasteiger partial charge < -0.3 is 9.47 Å². The van der Waals surface area contributed by atoms with Gasteiger partial charge in [0, 0.05) is 19.3 Å². The lowest BCUT2D eigenvalue weighted by Gasteiger charge is -2.16. The van der Waals surface area contributed by atoms with Crippen LogP contribution in [0.15, 0.2) is 29.4 Å². The maximum Gasteiger partial charge on any atom is 0.416 e. The van der Waals surface area contributed by atoms with E-state index in [4.69, 9.17) is 0 Å². The molecule has 2 fully saturated rings. The fraction of sp³-hybridized carbons (Fsp3) is 0.545. The van der Waals surface area contributed by atoms with Crippen LogP contribution in [0.4, 0.5) is 13.2 Å². The minimum Gasteiger partial charge on any atom is -0.304 e. The fourth-order valence-electron chi connectivity index (χ4n) is 4.88. The molecule has 0 amide bonds. The van der Waals surface area contributed by atoms with E-state index in [9.17, 15) is 13.2 Å². The standard InChI is InChI=1S/C22H25F3N6S2/c1-14-18(33-29-26-14)19-27-28-20(30(19)2)32-11-3-9-31-10-8-21(13-31)12-17(21)15-4-6-16(7-5-15)22(23,24)25/h4-7,17H,3,8-13H2,1-2H3/t17-,21+/m1/s1. The molecular weight excluding hydrogens is 469 g/mol. The number of hydrogen-bond donors (Lipinski definition) is 0. The highest BCUT2D eigenvalue weighted by atomic mass is 32.2. The molecule has 11 heteroatoms. The Balaban J connectivity index is 1.09. The summed E-state index contributed by atoms with van der Waals surface area (Å²) >= 11 is 3.04. The molecule has 33 heavy (non-hydrogen) atoms. The van der Waals surface area contributed by atoms with Gasteiger partial charge in [0.2, 0.25) is 0 Å². The fourth-order valence-corrected chi connectivity index (χ4v) is 6.39. The van der Waals surface area contributed by atoms with E-state index in [1.54, 1.807) is 23.9 Å². The third-order valence-electron chi connectivity index (χ3n) is 6.83. The van der Waals surface area contributed by atoms with Crippen LogP contribution in [0.1, 0.15) is 42.0 Å². The molecule has 0 N–H and O–H groups in total. The van der Waals surface area contributed by atoms with Crippen molar-refractivity contribution < 1.29 is 13.2 Å². The molecule has 1 aliphatic carbocycles. The normalized spacial score (nSPS) is 23.0. The molecule has 176 valence electrons. The van der Waals surface area contributed by atoms with E-state index >= 15 is 0 Å². The number of alkyl halides is 3. The van der Waals surface area contributed by atoms with Gasteiger partial charge >= 0.3 is 6.18 Å². The van der Waals surface area contributed by atoms with E-state index in [0.717, 1.165) is 71.8 Å². The van der Waals surface area contributed by atoms with Gasteiger partial charge in [-0.2, -0.15) is 13.2 Å². The zero-order valence-electron chi connectivity index (χ0n) is 18.5. The number of halogens is 3. The second kappa shape index (κ2) is 8.66. The number of aromatic nitrogens is 5. The lowest BCUT2D eigenvalue weighted by atomic mass is 9.97. The number of likely N-dealkylation sites (tertiary alicyclic amines) is 1. The third-order valence-corrected chi connectivity index (χ3v) is 8.76. The van der Waals surface area contributed by atoms with Gasteiger partial charge in [-0.15, -0.1) is 15.3 Å². The Morgan fingerprint density at radius 1 is 1.18 bits per heavy atom. The van der Waals surface area contributed by atoms with Gasteiger partial charge in [0.15, 0.2) is 11.0 Å². The van der Waals surface area contributed by atoms with Crippen LogP contribution in [0, 0.1) is 12.3 Å². The molecule has 1 saturated heterocycles. The number of aryl methyl sites for hydroxylation is 1. The first-order chi connectivity index (χ1) is 15.8. The van der Waals surface area contributed by atoms with Crippen molar-refractivity contribution in [2.75, 3.05) is 25.4 Å².